The zero-order chi connectivity index (χ0) is 18.5. The molecule has 1 aliphatic rings. The third kappa shape index (κ3) is 4.20. The van der Waals surface area contributed by atoms with E-state index in [0.717, 1.165) is 12.0 Å². The van der Waals surface area contributed by atoms with Crippen LogP contribution >= 0.6 is 0 Å². The summed E-state index contributed by atoms with van der Waals surface area (Å²) in [6.45, 7) is 3.41. The maximum Gasteiger partial charge on any atom is 0.322 e. The minimum atomic E-state index is -0.422. The Kier molecular flexibility index (Phi) is 5.51. The van der Waals surface area contributed by atoms with Crippen molar-refractivity contribution in [3.8, 4) is 0 Å². The fraction of sp³-hybridized carbons (Fsp3) is 0.300. The number of nitrogens with one attached hydrogen (secondary N) is 1. The molecule has 1 heterocycles. The van der Waals surface area contributed by atoms with Crippen molar-refractivity contribution in [2.45, 2.75) is 19.9 Å². The maximum absolute atomic E-state index is 13.2. The Morgan fingerprint density at radius 3 is 2.65 bits per heavy atom. The zero-order valence-corrected chi connectivity index (χ0v) is 14.7. The van der Waals surface area contributed by atoms with Crippen LogP contribution in [0.25, 0.3) is 0 Å². The van der Waals surface area contributed by atoms with Gasteiger partial charge in [0.25, 0.3) is 0 Å². The Labute approximate surface area is 152 Å². The molecule has 1 N–H and O–H groups in total. The lowest BCUT2D eigenvalue weighted by Crippen LogP contribution is -2.45. The predicted octanol–water partition coefficient (Wildman–Crippen LogP) is 3.26. The molecule has 0 unspecified atom stereocenters. The maximum atomic E-state index is 13.2. The molecule has 0 atom stereocenters. The second-order valence-electron chi connectivity index (χ2n) is 6.29. The van der Waals surface area contributed by atoms with Crippen LogP contribution in [0.3, 0.4) is 0 Å². The summed E-state index contributed by atoms with van der Waals surface area (Å²) >= 11 is 0. The molecule has 5 nitrogen and oxygen atoms in total. The van der Waals surface area contributed by atoms with Crippen molar-refractivity contribution in [3.63, 3.8) is 0 Å². The molecule has 0 saturated heterocycles. The molecule has 2 aromatic carbocycles. The van der Waals surface area contributed by atoms with Crippen molar-refractivity contribution in [1.82, 2.24) is 9.80 Å². The van der Waals surface area contributed by atoms with Gasteiger partial charge in [-0.1, -0.05) is 30.3 Å². The highest BCUT2D eigenvalue weighted by atomic mass is 19.1. The fourth-order valence-corrected chi connectivity index (χ4v) is 3.07. The summed E-state index contributed by atoms with van der Waals surface area (Å²) < 4.78 is 13.2. The Morgan fingerprint density at radius 1 is 1.15 bits per heavy atom. The van der Waals surface area contributed by atoms with E-state index in [1.165, 1.54) is 28.7 Å². The van der Waals surface area contributed by atoms with Crippen LogP contribution in [0.4, 0.5) is 14.9 Å². The molecule has 26 heavy (non-hydrogen) atoms. The number of hydrogen-bond donors (Lipinski definition) is 1. The molecular weight excluding hydrogens is 333 g/mol. The minimum Gasteiger partial charge on any atom is -0.336 e. The van der Waals surface area contributed by atoms with Crippen LogP contribution in [0, 0.1) is 5.82 Å². The third-order valence-corrected chi connectivity index (χ3v) is 4.55. The summed E-state index contributed by atoms with van der Waals surface area (Å²) in [7, 11) is 0. The number of fused-ring (bicyclic) bond motifs is 1. The van der Waals surface area contributed by atoms with Crippen LogP contribution in [0.1, 0.15) is 18.1 Å². The lowest BCUT2D eigenvalue weighted by molar-refractivity contribution is -0.132. The largest absolute Gasteiger partial charge is 0.336 e. The second kappa shape index (κ2) is 7.99. The lowest BCUT2D eigenvalue weighted by Gasteiger charge is -2.31. The summed E-state index contributed by atoms with van der Waals surface area (Å²) in [6.07, 6.45) is 0.823. The average Bonchev–Trinajstić information content (AvgIpc) is 2.65. The van der Waals surface area contributed by atoms with Crippen LogP contribution in [0.2, 0.25) is 0 Å². The van der Waals surface area contributed by atoms with Gasteiger partial charge in [0.2, 0.25) is 5.91 Å². The van der Waals surface area contributed by atoms with Crippen molar-refractivity contribution in [2.75, 3.05) is 25.0 Å². The number of amides is 3. The summed E-state index contributed by atoms with van der Waals surface area (Å²) in [5.74, 6) is -0.510. The van der Waals surface area contributed by atoms with Gasteiger partial charge >= 0.3 is 6.03 Å². The van der Waals surface area contributed by atoms with E-state index in [4.69, 9.17) is 0 Å². The number of carbonyl (C=O) groups is 2. The molecule has 6 heteroatoms. The Morgan fingerprint density at radius 2 is 1.92 bits per heavy atom. The molecular formula is C20H22FN3O2. The highest BCUT2D eigenvalue weighted by molar-refractivity contribution is 5.92. The number of urea groups is 1. The molecule has 3 rings (SSSR count). The number of halogens is 1. The molecule has 0 bridgehead atoms. The van der Waals surface area contributed by atoms with Gasteiger partial charge in [0, 0.05) is 25.3 Å². The van der Waals surface area contributed by atoms with Crippen LogP contribution < -0.4 is 5.32 Å². The normalized spacial score (nSPS) is 13.1. The van der Waals surface area contributed by atoms with Crippen molar-refractivity contribution >= 4 is 17.6 Å². The smallest absolute Gasteiger partial charge is 0.322 e. The lowest BCUT2D eigenvalue weighted by atomic mass is 10.00. The van der Waals surface area contributed by atoms with Gasteiger partial charge < -0.3 is 15.1 Å². The third-order valence-electron chi connectivity index (χ3n) is 4.55. The van der Waals surface area contributed by atoms with Gasteiger partial charge in [0.15, 0.2) is 0 Å². The van der Waals surface area contributed by atoms with Crippen LogP contribution in [-0.4, -0.2) is 41.4 Å². The standard InChI is InChI=1S/C20H22FN3O2/c1-2-23(20(26)22-18-9-5-8-17(21)12-18)14-19(25)24-11-10-15-6-3-4-7-16(15)13-24/h3-9,12H,2,10-11,13-14H2,1H3,(H,22,26). The van der Waals surface area contributed by atoms with Gasteiger partial charge in [-0.2, -0.15) is 0 Å². The highest BCUT2D eigenvalue weighted by Crippen LogP contribution is 2.18. The van der Waals surface area contributed by atoms with E-state index in [2.05, 4.69) is 11.4 Å². The first-order chi connectivity index (χ1) is 12.6. The van der Waals surface area contributed by atoms with Crippen molar-refractivity contribution in [2.24, 2.45) is 0 Å². The van der Waals surface area contributed by atoms with Crippen LogP contribution in [0.5, 0.6) is 0 Å². The van der Waals surface area contributed by atoms with Gasteiger partial charge in [0.05, 0.1) is 0 Å². The molecule has 0 aromatic heterocycles. The first-order valence-corrected chi connectivity index (χ1v) is 8.73. The summed E-state index contributed by atoms with van der Waals surface area (Å²) in [4.78, 5) is 28.2. The zero-order valence-electron chi connectivity index (χ0n) is 14.7. The number of nitrogens with zero attached hydrogens (tertiary/aromatic N) is 2. The van der Waals surface area contributed by atoms with Gasteiger partial charge in [-0.3, -0.25) is 4.79 Å². The van der Waals surface area contributed by atoms with E-state index in [1.807, 2.05) is 25.1 Å². The molecule has 1 aliphatic heterocycles. The van der Waals surface area contributed by atoms with Gasteiger partial charge in [-0.15, -0.1) is 0 Å². The molecule has 136 valence electrons. The van der Waals surface area contributed by atoms with Crippen LogP contribution in [0.15, 0.2) is 48.5 Å². The Hall–Kier alpha value is -2.89. The summed E-state index contributed by atoms with van der Waals surface area (Å²) in [5.41, 5.74) is 2.79. The number of likely N-dealkylation sites (N-methyl/N-ethyl adjacent to an activating group) is 1. The molecule has 0 fully saturated rings. The van der Waals surface area contributed by atoms with E-state index in [1.54, 1.807) is 11.0 Å². The fourth-order valence-electron chi connectivity index (χ4n) is 3.07. The van der Waals surface area contributed by atoms with Crippen molar-refractivity contribution < 1.29 is 14.0 Å². The number of carbonyl (C=O) groups excluding carboxylic acids is 2. The van der Waals surface area contributed by atoms with Crippen molar-refractivity contribution in [3.05, 3.63) is 65.5 Å². The second-order valence-corrected chi connectivity index (χ2v) is 6.29. The van der Waals surface area contributed by atoms with E-state index in [9.17, 15) is 14.0 Å². The molecule has 3 amide bonds. The van der Waals surface area contributed by atoms with E-state index in [-0.39, 0.29) is 12.5 Å². The molecule has 0 saturated carbocycles. The molecule has 0 spiro atoms. The number of anilines is 1. The van der Waals surface area contributed by atoms with E-state index < -0.39 is 11.8 Å². The minimum absolute atomic E-state index is 0.000183. The Bertz CT molecular complexity index is 809. The van der Waals surface area contributed by atoms with Crippen LogP contribution in [-0.2, 0) is 17.8 Å². The molecule has 0 aliphatic carbocycles. The van der Waals surface area contributed by atoms with Gasteiger partial charge in [-0.25, -0.2) is 9.18 Å². The molecule has 2 aromatic rings. The molecule has 0 radical (unpaired) electrons. The van der Waals surface area contributed by atoms with Gasteiger partial charge in [0.1, 0.15) is 12.4 Å². The summed E-state index contributed by atoms with van der Waals surface area (Å²) in [6, 6.07) is 13.4. The first-order valence-electron chi connectivity index (χ1n) is 8.73. The quantitative estimate of drug-likeness (QED) is 0.915. The Balaban J connectivity index is 1.61. The van der Waals surface area contributed by atoms with Gasteiger partial charge in [-0.05, 0) is 42.7 Å². The monoisotopic (exact) mass is 355 g/mol. The summed E-state index contributed by atoms with van der Waals surface area (Å²) in [5, 5.41) is 2.63. The topological polar surface area (TPSA) is 52.7 Å². The van der Waals surface area contributed by atoms with Crippen molar-refractivity contribution in [1.29, 1.82) is 0 Å². The average molecular weight is 355 g/mol. The number of benzene rings is 2. The van der Waals surface area contributed by atoms with E-state index >= 15 is 0 Å². The predicted molar refractivity (Wildman–Crippen MR) is 98.2 cm³/mol. The number of hydrogen-bond acceptors (Lipinski definition) is 2. The SMILES string of the molecule is CCN(CC(=O)N1CCc2ccccc2C1)C(=O)Nc1cccc(F)c1. The first kappa shape index (κ1) is 17.9. The number of rotatable bonds is 4. The van der Waals surface area contributed by atoms with E-state index in [0.29, 0.717) is 25.3 Å². The highest BCUT2D eigenvalue weighted by Gasteiger charge is 2.23.